The second kappa shape index (κ2) is 5.28. The Labute approximate surface area is 105 Å². The Balaban J connectivity index is 1.84. The maximum atomic E-state index is 6.12. The van der Waals surface area contributed by atoms with E-state index in [0.29, 0.717) is 5.41 Å². The monoisotopic (exact) mass is 237 g/mol. The number of piperidine rings is 1. The molecule has 2 aliphatic rings. The Kier molecular flexibility index (Phi) is 3.95. The van der Waals surface area contributed by atoms with Crippen LogP contribution in [0.15, 0.2) is 4.99 Å². The van der Waals surface area contributed by atoms with E-state index < -0.39 is 0 Å². The summed E-state index contributed by atoms with van der Waals surface area (Å²) in [5.41, 5.74) is 6.65. The van der Waals surface area contributed by atoms with Crippen LogP contribution in [0.1, 0.15) is 52.4 Å². The summed E-state index contributed by atoms with van der Waals surface area (Å²) in [7, 11) is 0. The van der Waals surface area contributed by atoms with Gasteiger partial charge < -0.3 is 10.6 Å². The van der Waals surface area contributed by atoms with Crippen molar-refractivity contribution in [3.63, 3.8) is 0 Å². The maximum Gasteiger partial charge on any atom is 0.191 e. The van der Waals surface area contributed by atoms with Crippen LogP contribution in [0.25, 0.3) is 0 Å². The molecule has 0 radical (unpaired) electrons. The molecule has 2 fully saturated rings. The molecular formula is C14H27N3. The van der Waals surface area contributed by atoms with Gasteiger partial charge in [-0.3, -0.25) is 4.99 Å². The number of nitrogens with two attached hydrogens (primary N) is 1. The number of aliphatic imine (C=N–C) groups is 1. The third kappa shape index (κ3) is 3.36. The van der Waals surface area contributed by atoms with Gasteiger partial charge in [0.25, 0.3) is 0 Å². The molecule has 3 nitrogen and oxygen atoms in total. The highest BCUT2D eigenvalue weighted by Crippen LogP contribution is 2.49. The third-order valence-electron chi connectivity index (χ3n) is 4.29. The van der Waals surface area contributed by atoms with Gasteiger partial charge in [-0.1, -0.05) is 20.3 Å². The van der Waals surface area contributed by atoms with E-state index in [1.165, 1.54) is 38.5 Å². The number of hydrogen-bond acceptors (Lipinski definition) is 1. The molecule has 0 aromatic heterocycles. The third-order valence-corrected chi connectivity index (χ3v) is 4.29. The van der Waals surface area contributed by atoms with Crippen molar-refractivity contribution in [3.05, 3.63) is 0 Å². The summed E-state index contributed by atoms with van der Waals surface area (Å²) >= 11 is 0. The van der Waals surface area contributed by atoms with Gasteiger partial charge >= 0.3 is 0 Å². The summed E-state index contributed by atoms with van der Waals surface area (Å²) in [5, 5.41) is 0. The molecule has 1 aliphatic carbocycles. The van der Waals surface area contributed by atoms with Crippen LogP contribution in [0, 0.1) is 11.3 Å². The number of rotatable bonds is 4. The highest BCUT2D eigenvalue weighted by atomic mass is 15.3. The summed E-state index contributed by atoms with van der Waals surface area (Å²) in [6, 6.07) is 0. The predicted molar refractivity (Wildman–Crippen MR) is 73.0 cm³/mol. The minimum absolute atomic E-state index is 0.529. The topological polar surface area (TPSA) is 41.6 Å². The van der Waals surface area contributed by atoms with Crippen LogP contribution >= 0.6 is 0 Å². The van der Waals surface area contributed by atoms with Gasteiger partial charge in [0.2, 0.25) is 0 Å². The van der Waals surface area contributed by atoms with Crippen molar-refractivity contribution >= 4 is 5.96 Å². The highest BCUT2D eigenvalue weighted by Gasteiger charge is 2.41. The lowest BCUT2D eigenvalue weighted by Crippen LogP contribution is -2.43. The molecular weight excluding hydrogens is 210 g/mol. The summed E-state index contributed by atoms with van der Waals surface area (Å²) in [6.45, 7) is 7.71. The van der Waals surface area contributed by atoms with E-state index in [1.54, 1.807) is 0 Å². The molecule has 0 spiro atoms. The molecule has 1 aliphatic heterocycles. The molecule has 98 valence electrons. The number of nitrogens with zero attached hydrogens (tertiary/aromatic N) is 2. The zero-order valence-electron chi connectivity index (χ0n) is 11.4. The Morgan fingerprint density at radius 2 is 2.24 bits per heavy atom. The highest BCUT2D eigenvalue weighted by molar-refractivity contribution is 5.78. The van der Waals surface area contributed by atoms with Gasteiger partial charge in [0.05, 0.1) is 0 Å². The first-order chi connectivity index (χ1) is 8.15. The van der Waals surface area contributed by atoms with E-state index in [-0.39, 0.29) is 0 Å². The average Bonchev–Trinajstić information content (AvgIpc) is 3.07. The van der Waals surface area contributed by atoms with Crippen molar-refractivity contribution in [3.8, 4) is 0 Å². The smallest absolute Gasteiger partial charge is 0.191 e. The van der Waals surface area contributed by atoms with Crippen LogP contribution in [0.2, 0.25) is 0 Å². The van der Waals surface area contributed by atoms with Gasteiger partial charge in [0.1, 0.15) is 0 Å². The van der Waals surface area contributed by atoms with Crippen molar-refractivity contribution in [2.24, 2.45) is 22.1 Å². The molecule has 0 aromatic rings. The standard InChI is InChI=1S/C14H27N3/c1-3-6-14(7-8-14)11-16-13(15)17-9-4-5-12(2)10-17/h12H,3-11H2,1-2H3,(H2,15,16). The quantitative estimate of drug-likeness (QED) is 0.603. The van der Waals surface area contributed by atoms with Crippen molar-refractivity contribution in [1.29, 1.82) is 0 Å². The molecule has 1 atom stereocenters. The van der Waals surface area contributed by atoms with E-state index in [9.17, 15) is 0 Å². The van der Waals surface area contributed by atoms with Crippen molar-refractivity contribution < 1.29 is 0 Å². The molecule has 1 unspecified atom stereocenters. The van der Waals surface area contributed by atoms with Gasteiger partial charge in [-0.2, -0.15) is 0 Å². The molecule has 0 amide bonds. The Morgan fingerprint density at radius 3 is 2.82 bits per heavy atom. The molecule has 0 aromatic carbocycles. The van der Waals surface area contributed by atoms with Crippen molar-refractivity contribution in [2.75, 3.05) is 19.6 Å². The first kappa shape index (κ1) is 12.7. The molecule has 1 saturated carbocycles. The van der Waals surface area contributed by atoms with Crippen LogP contribution in [0.5, 0.6) is 0 Å². The zero-order valence-corrected chi connectivity index (χ0v) is 11.4. The summed E-state index contributed by atoms with van der Waals surface area (Å²) in [6.07, 6.45) is 7.90. The van der Waals surface area contributed by atoms with Gasteiger partial charge in [0, 0.05) is 19.6 Å². The summed E-state index contributed by atoms with van der Waals surface area (Å²) < 4.78 is 0. The van der Waals surface area contributed by atoms with E-state index >= 15 is 0 Å². The maximum absolute atomic E-state index is 6.12. The van der Waals surface area contributed by atoms with E-state index in [1.807, 2.05) is 0 Å². The average molecular weight is 237 g/mol. The minimum atomic E-state index is 0.529. The Morgan fingerprint density at radius 1 is 1.47 bits per heavy atom. The van der Waals surface area contributed by atoms with Crippen molar-refractivity contribution in [2.45, 2.75) is 52.4 Å². The van der Waals surface area contributed by atoms with E-state index in [0.717, 1.165) is 31.5 Å². The zero-order chi connectivity index (χ0) is 12.3. The number of likely N-dealkylation sites (tertiary alicyclic amines) is 1. The molecule has 1 heterocycles. The molecule has 2 rings (SSSR count). The second-order valence-corrected chi connectivity index (χ2v) is 6.12. The lowest BCUT2D eigenvalue weighted by atomic mass is 10.0. The van der Waals surface area contributed by atoms with Crippen LogP contribution in [0.4, 0.5) is 0 Å². The van der Waals surface area contributed by atoms with Crippen LogP contribution in [-0.2, 0) is 0 Å². The van der Waals surface area contributed by atoms with Crippen LogP contribution in [-0.4, -0.2) is 30.5 Å². The normalized spacial score (nSPS) is 28.2. The van der Waals surface area contributed by atoms with Gasteiger partial charge in [-0.25, -0.2) is 0 Å². The van der Waals surface area contributed by atoms with Gasteiger partial charge in [-0.15, -0.1) is 0 Å². The molecule has 1 saturated heterocycles. The minimum Gasteiger partial charge on any atom is -0.370 e. The number of guanidine groups is 1. The van der Waals surface area contributed by atoms with Crippen LogP contribution in [0.3, 0.4) is 0 Å². The fourth-order valence-electron chi connectivity index (χ4n) is 2.94. The lowest BCUT2D eigenvalue weighted by Gasteiger charge is -2.31. The largest absolute Gasteiger partial charge is 0.370 e. The summed E-state index contributed by atoms with van der Waals surface area (Å²) in [5.74, 6) is 1.56. The predicted octanol–water partition coefficient (Wildman–Crippen LogP) is 2.61. The first-order valence-corrected chi connectivity index (χ1v) is 7.20. The van der Waals surface area contributed by atoms with Crippen molar-refractivity contribution in [1.82, 2.24) is 4.90 Å². The van der Waals surface area contributed by atoms with E-state index in [2.05, 4.69) is 23.7 Å². The molecule has 0 bridgehead atoms. The molecule has 3 heteroatoms. The fraction of sp³-hybridized carbons (Fsp3) is 0.929. The van der Waals surface area contributed by atoms with E-state index in [4.69, 9.17) is 5.73 Å². The Hall–Kier alpha value is -0.730. The number of hydrogen-bond donors (Lipinski definition) is 1. The molecule has 2 N–H and O–H groups in total. The van der Waals surface area contributed by atoms with Crippen LogP contribution < -0.4 is 5.73 Å². The SMILES string of the molecule is CCCC1(CN=C(N)N2CCCC(C)C2)CC1. The molecule has 17 heavy (non-hydrogen) atoms. The van der Waals surface area contributed by atoms with Gasteiger partial charge in [0.15, 0.2) is 5.96 Å². The first-order valence-electron chi connectivity index (χ1n) is 7.20. The van der Waals surface area contributed by atoms with Gasteiger partial charge in [-0.05, 0) is 43.4 Å². The fourth-order valence-corrected chi connectivity index (χ4v) is 2.94. The Bertz CT molecular complexity index is 281. The second-order valence-electron chi connectivity index (χ2n) is 6.12. The lowest BCUT2D eigenvalue weighted by molar-refractivity contribution is 0.269. The summed E-state index contributed by atoms with van der Waals surface area (Å²) in [4.78, 5) is 6.93.